The largest absolute Gasteiger partial charge is 0.481 e. The summed E-state index contributed by atoms with van der Waals surface area (Å²) >= 11 is 0. The molecule has 0 amide bonds. The lowest BCUT2D eigenvalue weighted by Crippen LogP contribution is -2.59. The highest BCUT2D eigenvalue weighted by Gasteiger charge is 2.40. The van der Waals surface area contributed by atoms with Gasteiger partial charge in [0.1, 0.15) is 0 Å². The van der Waals surface area contributed by atoms with Gasteiger partial charge in [0.05, 0.1) is 12.5 Å². The lowest BCUT2D eigenvalue weighted by Gasteiger charge is -2.42. The zero-order valence-electron chi connectivity index (χ0n) is 9.49. The monoisotopic (exact) mass is 215 g/mol. The van der Waals surface area contributed by atoms with Crippen LogP contribution in [0.25, 0.3) is 0 Å². The van der Waals surface area contributed by atoms with Crippen LogP contribution in [0.3, 0.4) is 0 Å². The second-order valence-corrected chi connectivity index (χ2v) is 4.42. The van der Waals surface area contributed by atoms with E-state index in [-0.39, 0.29) is 24.1 Å². The third kappa shape index (κ3) is 2.49. The lowest BCUT2D eigenvalue weighted by molar-refractivity contribution is -0.146. The van der Waals surface area contributed by atoms with Gasteiger partial charge in [-0.05, 0) is 25.7 Å². The van der Waals surface area contributed by atoms with Gasteiger partial charge in [-0.3, -0.25) is 4.79 Å². The third-order valence-corrected chi connectivity index (χ3v) is 3.74. The highest BCUT2D eigenvalue weighted by molar-refractivity contribution is 5.72. The minimum absolute atomic E-state index is 0.0366. The van der Waals surface area contributed by atoms with E-state index in [4.69, 9.17) is 5.11 Å². The fourth-order valence-electron chi connectivity index (χ4n) is 2.08. The molecule has 0 aromatic rings. The highest BCUT2D eigenvalue weighted by atomic mass is 16.4. The van der Waals surface area contributed by atoms with Crippen LogP contribution in [0.5, 0.6) is 0 Å². The Morgan fingerprint density at radius 2 is 2.00 bits per heavy atom. The van der Waals surface area contributed by atoms with Gasteiger partial charge in [0, 0.05) is 11.6 Å². The summed E-state index contributed by atoms with van der Waals surface area (Å²) in [5.74, 6) is -0.994. The van der Waals surface area contributed by atoms with Crippen LogP contribution in [0.4, 0.5) is 0 Å². The first-order chi connectivity index (χ1) is 7.08. The molecule has 88 valence electrons. The molecule has 0 heterocycles. The number of carboxylic acid groups (broad SMARTS) is 1. The van der Waals surface area contributed by atoms with Gasteiger partial charge >= 0.3 is 5.97 Å². The van der Waals surface area contributed by atoms with Gasteiger partial charge in [-0.15, -0.1) is 0 Å². The Labute approximate surface area is 90.7 Å². The molecule has 4 nitrogen and oxygen atoms in total. The molecule has 15 heavy (non-hydrogen) atoms. The fraction of sp³-hybridized carbons (Fsp3) is 0.909. The molecule has 0 aliphatic heterocycles. The van der Waals surface area contributed by atoms with Crippen molar-refractivity contribution in [2.75, 3.05) is 6.61 Å². The SMILES string of the molecule is CCC(CC)(CO)NC1CCC1C(=O)O. The normalized spacial score (nSPS) is 26.1. The summed E-state index contributed by atoms with van der Waals surface area (Å²) in [5, 5.41) is 21.6. The van der Waals surface area contributed by atoms with Crippen molar-refractivity contribution in [3.8, 4) is 0 Å². The Kier molecular flexibility index (Phi) is 4.11. The summed E-state index contributed by atoms with van der Waals surface area (Å²) in [4.78, 5) is 10.8. The summed E-state index contributed by atoms with van der Waals surface area (Å²) in [6.45, 7) is 4.10. The Hall–Kier alpha value is -0.610. The molecule has 1 fully saturated rings. The lowest BCUT2D eigenvalue weighted by atomic mass is 9.77. The number of rotatable bonds is 6. The van der Waals surface area contributed by atoms with Gasteiger partial charge in [0.15, 0.2) is 0 Å². The molecule has 0 bridgehead atoms. The van der Waals surface area contributed by atoms with Crippen molar-refractivity contribution in [2.45, 2.75) is 51.1 Å². The number of nitrogens with one attached hydrogen (secondary N) is 1. The Morgan fingerprint density at radius 3 is 2.27 bits per heavy atom. The summed E-state index contributed by atoms with van der Waals surface area (Å²) in [7, 11) is 0. The highest BCUT2D eigenvalue weighted by Crippen LogP contribution is 2.30. The van der Waals surface area contributed by atoms with E-state index < -0.39 is 5.97 Å². The summed E-state index contributed by atoms with van der Waals surface area (Å²) in [6, 6.07) is 0.0366. The first-order valence-corrected chi connectivity index (χ1v) is 5.70. The zero-order valence-corrected chi connectivity index (χ0v) is 9.49. The molecule has 0 saturated heterocycles. The second kappa shape index (κ2) is 4.94. The Morgan fingerprint density at radius 1 is 1.40 bits per heavy atom. The zero-order chi connectivity index (χ0) is 11.5. The van der Waals surface area contributed by atoms with Crippen molar-refractivity contribution < 1.29 is 15.0 Å². The molecule has 2 unspecified atom stereocenters. The number of hydrogen-bond acceptors (Lipinski definition) is 3. The van der Waals surface area contributed by atoms with E-state index in [1.165, 1.54) is 0 Å². The molecule has 1 rings (SSSR count). The van der Waals surface area contributed by atoms with E-state index in [1.807, 2.05) is 13.8 Å². The molecule has 3 N–H and O–H groups in total. The van der Waals surface area contributed by atoms with Gasteiger partial charge < -0.3 is 15.5 Å². The van der Waals surface area contributed by atoms with E-state index in [9.17, 15) is 9.90 Å². The molecule has 0 spiro atoms. The van der Waals surface area contributed by atoms with Gasteiger partial charge in [0.25, 0.3) is 0 Å². The number of hydrogen-bond donors (Lipinski definition) is 3. The number of aliphatic carboxylic acids is 1. The minimum Gasteiger partial charge on any atom is -0.481 e. The maximum absolute atomic E-state index is 10.8. The van der Waals surface area contributed by atoms with E-state index >= 15 is 0 Å². The average Bonchev–Trinajstić information content (AvgIpc) is 2.18. The van der Waals surface area contributed by atoms with Crippen molar-refractivity contribution in [3.05, 3.63) is 0 Å². The van der Waals surface area contributed by atoms with Gasteiger partial charge in [-0.2, -0.15) is 0 Å². The molecular weight excluding hydrogens is 194 g/mol. The first-order valence-electron chi connectivity index (χ1n) is 5.70. The quantitative estimate of drug-likeness (QED) is 0.618. The first kappa shape index (κ1) is 12.5. The maximum Gasteiger partial charge on any atom is 0.308 e. The van der Waals surface area contributed by atoms with Gasteiger partial charge in [0.2, 0.25) is 0 Å². The van der Waals surface area contributed by atoms with Crippen LogP contribution < -0.4 is 5.32 Å². The molecule has 0 radical (unpaired) electrons. The maximum atomic E-state index is 10.8. The molecule has 1 aliphatic carbocycles. The van der Waals surface area contributed by atoms with Crippen LogP contribution in [-0.2, 0) is 4.79 Å². The van der Waals surface area contributed by atoms with Crippen molar-refractivity contribution in [2.24, 2.45) is 5.92 Å². The number of aliphatic hydroxyl groups is 1. The van der Waals surface area contributed by atoms with Gasteiger partial charge in [-0.1, -0.05) is 13.8 Å². The molecular formula is C11H21NO3. The van der Waals surface area contributed by atoms with Crippen molar-refractivity contribution in [3.63, 3.8) is 0 Å². The smallest absolute Gasteiger partial charge is 0.308 e. The minimum atomic E-state index is -0.724. The van der Waals surface area contributed by atoms with Gasteiger partial charge in [-0.25, -0.2) is 0 Å². The standard InChI is InChI=1S/C11H21NO3/c1-3-11(4-2,7-13)12-9-6-5-8(9)10(14)15/h8-9,12-13H,3-7H2,1-2H3,(H,14,15). The number of carbonyl (C=O) groups is 1. The van der Waals surface area contributed by atoms with Crippen molar-refractivity contribution in [1.29, 1.82) is 0 Å². The molecule has 1 aliphatic rings. The number of carboxylic acids is 1. The summed E-state index contributed by atoms with van der Waals surface area (Å²) in [5.41, 5.74) is -0.293. The predicted octanol–water partition coefficient (Wildman–Crippen LogP) is 0.990. The van der Waals surface area contributed by atoms with Crippen molar-refractivity contribution in [1.82, 2.24) is 5.32 Å². The van der Waals surface area contributed by atoms with E-state index in [2.05, 4.69) is 5.32 Å². The van der Waals surface area contributed by atoms with Crippen LogP contribution in [0.1, 0.15) is 39.5 Å². The van der Waals surface area contributed by atoms with Crippen LogP contribution in [-0.4, -0.2) is 34.4 Å². The second-order valence-electron chi connectivity index (χ2n) is 4.42. The Bertz CT molecular complexity index is 218. The molecule has 0 aromatic carbocycles. The fourth-order valence-corrected chi connectivity index (χ4v) is 2.08. The van der Waals surface area contributed by atoms with Crippen LogP contribution >= 0.6 is 0 Å². The van der Waals surface area contributed by atoms with E-state index in [0.717, 1.165) is 25.7 Å². The van der Waals surface area contributed by atoms with E-state index in [1.54, 1.807) is 0 Å². The molecule has 2 atom stereocenters. The summed E-state index contributed by atoms with van der Waals surface area (Å²) in [6.07, 6.45) is 3.30. The average molecular weight is 215 g/mol. The Balaban J connectivity index is 2.55. The molecule has 1 saturated carbocycles. The van der Waals surface area contributed by atoms with Crippen molar-refractivity contribution >= 4 is 5.97 Å². The summed E-state index contributed by atoms with van der Waals surface area (Å²) < 4.78 is 0. The third-order valence-electron chi connectivity index (χ3n) is 3.74. The number of aliphatic hydroxyl groups excluding tert-OH is 1. The topological polar surface area (TPSA) is 69.6 Å². The molecule has 0 aromatic heterocycles. The van der Waals surface area contributed by atoms with Crippen LogP contribution in [0, 0.1) is 5.92 Å². The van der Waals surface area contributed by atoms with Crippen LogP contribution in [0.2, 0.25) is 0 Å². The molecule has 4 heteroatoms. The van der Waals surface area contributed by atoms with Crippen LogP contribution in [0.15, 0.2) is 0 Å². The van der Waals surface area contributed by atoms with E-state index in [0.29, 0.717) is 0 Å². The predicted molar refractivity (Wildman–Crippen MR) is 57.7 cm³/mol.